The van der Waals surface area contributed by atoms with Gasteiger partial charge >= 0.3 is 5.92 Å². The van der Waals surface area contributed by atoms with E-state index in [4.69, 9.17) is 9.47 Å². The van der Waals surface area contributed by atoms with Gasteiger partial charge in [0, 0.05) is 12.3 Å². The maximum atomic E-state index is 13.5. The topological polar surface area (TPSA) is 65.4 Å². The lowest BCUT2D eigenvalue weighted by molar-refractivity contribution is -0.144. The van der Waals surface area contributed by atoms with Crippen LogP contribution in [-0.2, 0) is 4.79 Å². The second kappa shape index (κ2) is 9.69. The van der Waals surface area contributed by atoms with Gasteiger partial charge in [0.25, 0.3) is 5.91 Å². The van der Waals surface area contributed by atoms with Crippen molar-refractivity contribution in [2.24, 2.45) is 0 Å². The molecule has 0 radical (unpaired) electrons. The van der Waals surface area contributed by atoms with Crippen LogP contribution in [0.4, 0.5) is 13.2 Å². The molecule has 0 aliphatic carbocycles. The zero-order valence-corrected chi connectivity index (χ0v) is 19.3. The number of hydrogen-bond acceptors (Lipinski definition) is 4. The molecular weight excluding hydrogens is 459 g/mol. The Kier molecular flexibility index (Phi) is 6.68. The van der Waals surface area contributed by atoms with E-state index in [1.165, 1.54) is 19.2 Å². The molecule has 0 spiro atoms. The first-order chi connectivity index (χ1) is 16.7. The maximum absolute atomic E-state index is 13.5. The summed E-state index contributed by atoms with van der Waals surface area (Å²) in [5.74, 6) is -4.25. The molecule has 0 aliphatic heterocycles. The van der Waals surface area contributed by atoms with Crippen molar-refractivity contribution in [3.63, 3.8) is 0 Å². The third-order valence-corrected chi connectivity index (χ3v) is 5.51. The van der Waals surface area contributed by atoms with Crippen molar-refractivity contribution in [3.8, 4) is 17.2 Å². The number of alkyl halides is 2. The van der Waals surface area contributed by atoms with Crippen LogP contribution in [0, 0.1) is 5.82 Å². The molecule has 0 saturated heterocycles. The molecule has 1 amide bonds. The summed E-state index contributed by atoms with van der Waals surface area (Å²) in [5.41, 5.74) is 2.11. The summed E-state index contributed by atoms with van der Waals surface area (Å²) in [4.78, 5) is 11.9. The molecule has 0 saturated carbocycles. The summed E-state index contributed by atoms with van der Waals surface area (Å²) in [6.07, 6.45) is 0.857. The van der Waals surface area contributed by atoms with Crippen LogP contribution in [0.2, 0.25) is 0 Å². The van der Waals surface area contributed by atoms with Gasteiger partial charge in [-0.05, 0) is 67.1 Å². The lowest BCUT2D eigenvalue weighted by atomic mass is 10.0. The third kappa shape index (κ3) is 5.40. The number of fused-ring (bicyclic) bond motifs is 1. The zero-order chi connectivity index (χ0) is 25.2. The smallest absolute Gasteiger partial charge is 0.321 e. The summed E-state index contributed by atoms with van der Waals surface area (Å²) in [5, 5.41) is 7.48. The first-order valence-corrected chi connectivity index (χ1v) is 10.9. The van der Waals surface area contributed by atoms with E-state index in [-0.39, 0.29) is 5.82 Å². The number of methoxy groups -OCH3 is 1. The Morgan fingerprint density at radius 3 is 2.49 bits per heavy atom. The number of carbonyl (C=O) groups excluding carboxylic acids is 1. The van der Waals surface area contributed by atoms with Crippen molar-refractivity contribution in [2.45, 2.75) is 31.9 Å². The number of ether oxygens (including phenoxy) is 2. The molecule has 2 atom stereocenters. The second-order valence-corrected chi connectivity index (χ2v) is 8.22. The first-order valence-electron chi connectivity index (χ1n) is 10.9. The van der Waals surface area contributed by atoms with E-state index in [9.17, 15) is 18.0 Å². The van der Waals surface area contributed by atoms with E-state index >= 15 is 0 Å². The summed E-state index contributed by atoms with van der Waals surface area (Å²) >= 11 is 0. The number of amides is 1. The van der Waals surface area contributed by atoms with E-state index in [0.29, 0.717) is 29.7 Å². The highest BCUT2D eigenvalue weighted by Crippen LogP contribution is 2.30. The molecule has 1 aromatic heterocycles. The van der Waals surface area contributed by atoms with Gasteiger partial charge in [-0.3, -0.25) is 4.79 Å². The minimum absolute atomic E-state index is 0.341. The first kappa shape index (κ1) is 24.1. The van der Waals surface area contributed by atoms with E-state index in [1.807, 2.05) is 0 Å². The largest absolute Gasteiger partial charge is 0.497 e. The van der Waals surface area contributed by atoms with E-state index in [0.717, 1.165) is 10.9 Å². The van der Waals surface area contributed by atoms with Crippen LogP contribution < -0.4 is 14.8 Å². The number of halogens is 3. The summed E-state index contributed by atoms with van der Waals surface area (Å²) in [6.45, 7) is 2.14. The number of hydrogen-bond donors (Lipinski definition) is 1. The fourth-order valence-corrected chi connectivity index (χ4v) is 3.71. The van der Waals surface area contributed by atoms with Crippen LogP contribution >= 0.6 is 0 Å². The molecule has 0 unspecified atom stereocenters. The molecule has 6 nitrogen and oxygen atoms in total. The number of nitrogens with zero attached hydrogens (tertiary/aromatic N) is 2. The zero-order valence-electron chi connectivity index (χ0n) is 19.3. The average molecular weight is 483 g/mol. The molecule has 1 heterocycles. The van der Waals surface area contributed by atoms with E-state index in [1.54, 1.807) is 72.4 Å². The minimum Gasteiger partial charge on any atom is -0.497 e. The Morgan fingerprint density at radius 1 is 1.06 bits per heavy atom. The molecule has 4 rings (SSSR count). The van der Waals surface area contributed by atoms with Crippen LogP contribution in [0.3, 0.4) is 0 Å². The lowest BCUT2D eigenvalue weighted by Crippen LogP contribution is -2.46. The van der Waals surface area contributed by atoms with Crippen LogP contribution in [0.25, 0.3) is 16.6 Å². The summed E-state index contributed by atoms with van der Waals surface area (Å²) in [7, 11) is 1.52. The van der Waals surface area contributed by atoms with Gasteiger partial charge in [-0.2, -0.15) is 13.9 Å². The van der Waals surface area contributed by atoms with Crippen molar-refractivity contribution in [2.75, 3.05) is 7.11 Å². The van der Waals surface area contributed by atoms with Gasteiger partial charge in [-0.25, -0.2) is 9.07 Å². The van der Waals surface area contributed by atoms with Crippen LogP contribution in [0.15, 0.2) is 72.9 Å². The summed E-state index contributed by atoms with van der Waals surface area (Å²) in [6, 6.07) is 17.4. The molecule has 9 heteroatoms. The van der Waals surface area contributed by atoms with Gasteiger partial charge in [-0.15, -0.1) is 0 Å². The fraction of sp³-hybridized carbons (Fsp3) is 0.231. The molecule has 0 bridgehead atoms. The van der Waals surface area contributed by atoms with Crippen LogP contribution in [0.1, 0.15) is 25.5 Å². The predicted octanol–water partition coefficient (Wildman–Crippen LogP) is 5.45. The van der Waals surface area contributed by atoms with Gasteiger partial charge in [-0.1, -0.05) is 12.1 Å². The third-order valence-electron chi connectivity index (χ3n) is 5.51. The molecular formula is C26H24F3N3O3. The molecule has 3 aromatic carbocycles. The van der Waals surface area contributed by atoms with E-state index in [2.05, 4.69) is 10.4 Å². The maximum Gasteiger partial charge on any atom is 0.321 e. The molecule has 0 fully saturated rings. The Morgan fingerprint density at radius 2 is 1.80 bits per heavy atom. The second-order valence-electron chi connectivity index (χ2n) is 8.22. The molecule has 1 N–H and O–H groups in total. The predicted molar refractivity (Wildman–Crippen MR) is 126 cm³/mol. The highest BCUT2D eigenvalue weighted by Gasteiger charge is 2.35. The normalized spacial score (nSPS) is 13.3. The Balaban J connectivity index is 1.65. The highest BCUT2D eigenvalue weighted by atomic mass is 19.3. The number of rotatable bonds is 8. The Hall–Kier alpha value is -4.01. The molecule has 4 aromatic rings. The van der Waals surface area contributed by atoms with Gasteiger partial charge < -0.3 is 14.8 Å². The van der Waals surface area contributed by atoms with Gasteiger partial charge in [0.05, 0.1) is 30.6 Å². The number of nitrogens with one attached hydrogen (secondary N) is 1. The molecule has 182 valence electrons. The van der Waals surface area contributed by atoms with Crippen molar-refractivity contribution in [1.82, 2.24) is 15.1 Å². The van der Waals surface area contributed by atoms with Crippen molar-refractivity contribution in [3.05, 3.63) is 84.3 Å². The van der Waals surface area contributed by atoms with Crippen molar-refractivity contribution in [1.29, 1.82) is 0 Å². The monoisotopic (exact) mass is 483 g/mol. The number of benzene rings is 3. The number of carbonyl (C=O) groups is 1. The summed E-state index contributed by atoms with van der Waals surface area (Å²) < 4.78 is 53.5. The van der Waals surface area contributed by atoms with E-state index < -0.39 is 24.0 Å². The van der Waals surface area contributed by atoms with Crippen LogP contribution in [-0.4, -0.2) is 34.8 Å². The Bertz CT molecular complexity index is 1330. The van der Waals surface area contributed by atoms with Gasteiger partial charge in [0.1, 0.15) is 23.4 Å². The standard InChI is InChI=1S/C26H24F3N3O3/c1-16(31-25(33)26(2,28)29)24(17-5-4-6-21(13-17)34-3)35-22-11-12-23-18(14-22)15-30-32(23)20-9-7-19(27)8-10-20/h4-16,24H,1-3H3,(H,31,33)/t16-,24-/m0/s1. The minimum atomic E-state index is -3.53. The Labute approximate surface area is 200 Å². The van der Waals surface area contributed by atoms with Crippen molar-refractivity contribution >= 4 is 16.8 Å². The van der Waals surface area contributed by atoms with Crippen LogP contribution in [0.5, 0.6) is 11.5 Å². The fourth-order valence-electron chi connectivity index (χ4n) is 3.71. The molecule has 0 aliphatic rings. The van der Waals surface area contributed by atoms with Gasteiger partial charge in [0.2, 0.25) is 0 Å². The SMILES string of the molecule is COc1cccc([C@@H](Oc2ccc3c(cnn3-c3ccc(F)cc3)c2)[C@H](C)NC(=O)C(C)(F)F)c1. The molecule has 35 heavy (non-hydrogen) atoms. The van der Waals surface area contributed by atoms with Crippen molar-refractivity contribution < 1.29 is 27.4 Å². The lowest BCUT2D eigenvalue weighted by Gasteiger charge is -2.27. The highest BCUT2D eigenvalue weighted by molar-refractivity contribution is 5.83. The number of aromatic nitrogens is 2. The average Bonchev–Trinajstić information content (AvgIpc) is 3.25. The van der Waals surface area contributed by atoms with Gasteiger partial charge in [0.15, 0.2) is 0 Å². The quantitative estimate of drug-likeness (QED) is 0.362.